The summed E-state index contributed by atoms with van der Waals surface area (Å²) in [5, 5.41) is 0.209. The molecule has 0 aromatic heterocycles. The Morgan fingerprint density at radius 3 is 2.53 bits per heavy atom. The van der Waals surface area contributed by atoms with Crippen LogP contribution in [0.5, 0.6) is 5.75 Å². The van der Waals surface area contributed by atoms with Gasteiger partial charge in [0.25, 0.3) is 0 Å². The molecule has 0 aliphatic rings. The number of nitrogens with two attached hydrogens (primary N) is 1. The van der Waals surface area contributed by atoms with Crippen molar-refractivity contribution in [2.45, 2.75) is 4.90 Å². The molecule has 0 spiro atoms. The molecule has 0 heterocycles. The Labute approximate surface area is 110 Å². The normalized spacial score (nSPS) is 11.5. The molecule has 0 aliphatic heterocycles. The van der Waals surface area contributed by atoms with E-state index in [-0.39, 0.29) is 28.0 Å². The van der Waals surface area contributed by atoms with E-state index in [1.165, 1.54) is 19.2 Å². The van der Waals surface area contributed by atoms with E-state index in [9.17, 15) is 8.42 Å². The van der Waals surface area contributed by atoms with E-state index in [1.807, 2.05) is 0 Å². The number of hydrogen-bond acceptors (Lipinski definition) is 4. The Morgan fingerprint density at radius 1 is 1.35 bits per heavy atom. The van der Waals surface area contributed by atoms with Crippen LogP contribution in [0.25, 0.3) is 0 Å². The van der Waals surface area contributed by atoms with E-state index in [4.69, 9.17) is 33.7 Å². The fraction of sp³-hybridized carbons (Fsp3) is 0.333. The van der Waals surface area contributed by atoms with Gasteiger partial charge in [-0.15, -0.1) is 0 Å². The number of ether oxygens (including phenoxy) is 1. The minimum absolute atomic E-state index is 0.0378. The molecule has 0 unspecified atom stereocenters. The molecule has 5 nitrogen and oxygen atoms in total. The Kier molecular flexibility index (Phi) is 5.03. The fourth-order valence-corrected chi connectivity index (χ4v) is 3.04. The topological polar surface area (TPSA) is 81.4 Å². The van der Waals surface area contributed by atoms with Gasteiger partial charge in [-0.1, -0.05) is 23.2 Å². The molecule has 0 saturated carbocycles. The molecule has 0 amide bonds. The second-order valence-electron chi connectivity index (χ2n) is 3.10. The highest BCUT2D eigenvalue weighted by Gasteiger charge is 2.19. The van der Waals surface area contributed by atoms with E-state index in [1.54, 1.807) is 0 Å². The Balaban J connectivity index is 3.19. The smallest absolute Gasteiger partial charge is 0.242 e. The summed E-state index contributed by atoms with van der Waals surface area (Å²) >= 11 is 11.7. The van der Waals surface area contributed by atoms with Crippen LogP contribution in [0.4, 0.5) is 0 Å². The molecule has 8 heteroatoms. The quantitative estimate of drug-likeness (QED) is 0.857. The van der Waals surface area contributed by atoms with Crippen molar-refractivity contribution in [3.05, 3.63) is 22.2 Å². The maximum absolute atomic E-state index is 11.8. The van der Waals surface area contributed by atoms with Crippen LogP contribution >= 0.6 is 23.2 Å². The van der Waals surface area contributed by atoms with Crippen molar-refractivity contribution in [3.63, 3.8) is 0 Å². The number of rotatable bonds is 5. The van der Waals surface area contributed by atoms with Gasteiger partial charge in [0, 0.05) is 19.2 Å². The first-order chi connectivity index (χ1) is 7.92. The average molecular weight is 299 g/mol. The number of nitrogens with one attached hydrogen (secondary N) is 1. The van der Waals surface area contributed by atoms with Crippen LogP contribution in [-0.4, -0.2) is 28.6 Å². The van der Waals surface area contributed by atoms with Crippen molar-refractivity contribution in [1.82, 2.24) is 4.72 Å². The molecular formula is C9H12Cl2N2O3S. The zero-order chi connectivity index (χ0) is 13.1. The summed E-state index contributed by atoms with van der Waals surface area (Å²) in [5.74, 6) is 0.314. The summed E-state index contributed by atoms with van der Waals surface area (Å²) < 4.78 is 30.8. The Bertz CT molecular complexity index is 505. The molecule has 0 fully saturated rings. The maximum atomic E-state index is 11.8. The van der Waals surface area contributed by atoms with Crippen LogP contribution in [0, 0.1) is 0 Å². The molecule has 0 bridgehead atoms. The van der Waals surface area contributed by atoms with E-state index in [0.29, 0.717) is 5.75 Å². The predicted molar refractivity (Wildman–Crippen MR) is 67.3 cm³/mol. The number of sulfonamides is 1. The van der Waals surface area contributed by atoms with Crippen molar-refractivity contribution in [2.75, 3.05) is 20.2 Å². The standard InChI is InChI=1S/C9H12Cl2N2O3S/c1-16-8-4-7(11)9(5-6(8)10)17(14,15)13-3-2-12/h4-5,13H,2-3,12H2,1H3. The van der Waals surface area contributed by atoms with Gasteiger partial charge in [-0.05, 0) is 6.07 Å². The van der Waals surface area contributed by atoms with Gasteiger partial charge in [-0.25, -0.2) is 13.1 Å². The van der Waals surface area contributed by atoms with Gasteiger partial charge in [0.2, 0.25) is 10.0 Å². The molecule has 0 radical (unpaired) electrons. The predicted octanol–water partition coefficient (Wildman–Crippen LogP) is 1.24. The third-order valence-corrected chi connectivity index (χ3v) is 4.15. The fourth-order valence-electron chi connectivity index (χ4n) is 1.14. The molecule has 0 atom stereocenters. The first-order valence-electron chi connectivity index (χ1n) is 4.65. The number of hydrogen-bond donors (Lipinski definition) is 2. The highest BCUT2D eigenvalue weighted by Crippen LogP contribution is 2.33. The lowest BCUT2D eigenvalue weighted by Gasteiger charge is -2.10. The Morgan fingerprint density at radius 2 is 2.00 bits per heavy atom. The zero-order valence-corrected chi connectivity index (χ0v) is 11.4. The van der Waals surface area contributed by atoms with E-state index >= 15 is 0 Å². The number of benzene rings is 1. The molecule has 17 heavy (non-hydrogen) atoms. The SMILES string of the molecule is COc1cc(Cl)c(S(=O)(=O)NCCN)cc1Cl. The van der Waals surface area contributed by atoms with Gasteiger partial charge < -0.3 is 10.5 Å². The summed E-state index contributed by atoms with van der Waals surface area (Å²) in [4.78, 5) is -0.0987. The molecule has 1 rings (SSSR count). The second kappa shape index (κ2) is 5.88. The summed E-state index contributed by atoms with van der Waals surface area (Å²) in [5.41, 5.74) is 5.22. The van der Waals surface area contributed by atoms with Crippen molar-refractivity contribution in [3.8, 4) is 5.75 Å². The molecule has 3 N–H and O–H groups in total. The van der Waals surface area contributed by atoms with Gasteiger partial charge in [0.1, 0.15) is 10.6 Å². The third kappa shape index (κ3) is 3.46. The van der Waals surface area contributed by atoms with Gasteiger partial charge in [0.05, 0.1) is 17.2 Å². The van der Waals surface area contributed by atoms with Crippen LogP contribution in [0.3, 0.4) is 0 Å². The molecule has 1 aromatic carbocycles. The first-order valence-corrected chi connectivity index (χ1v) is 6.89. The highest BCUT2D eigenvalue weighted by atomic mass is 35.5. The van der Waals surface area contributed by atoms with Gasteiger partial charge in [-0.3, -0.25) is 0 Å². The van der Waals surface area contributed by atoms with Crippen molar-refractivity contribution >= 4 is 33.2 Å². The summed E-state index contributed by atoms with van der Waals surface area (Å²) in [6, 6.07) is 2.59. The van der Waals surface area contributed by atoms with Crippen LogP contribution in [0.15, 0.2) is 17.0 Å². The summed E-state index contributed by atoms with van der Waals surface area (Å²) in [6.07, 6.45) is 0. The monoisotopic (exact) mass is 298 g/mol. The van der Waals surface area contributed by atoms with Crippen LogP contribution in [0.1, 0.15) is 0 Å². The zero-order valence-electron chi connectivity index (χ0n) is 9.04. The van der Waals surface area contributed by atoms with Crippen LogP contribution < -0.4 is 15.2 Å². The minimum atomic E-state index is -3.70. The van der Waals surface area contributed by atoms with Gasteiger partial charge >= 0.3 is 0 Å². The third-order valence-electron chi connectivity index (χ3n) is 1.93. The lowest BCUT2D eigenvalue weighted by Crippen LogP contribution is -2.29. The molecular weight excluding hydrogens is 287 g/mol. The van der Waals surface area contributed by atoms with E-state index in [0.717, 1.165) is 0 Å². The van der Waals surface area contributed by atoms with Crippen LogP contribution in [0.2, 0.25) is 10.0 Å². The average Bonchev–Trinajstić information content (AvgIpc) is 2.28. The second-order valence-corrected chi connectivity index (χ2v) is 5.65. The van der Waals surface area contributed by atoms with E-state index < -0.39 is 10.0 Å². The van der Waals surface area contributed by atoms with Gasteiger partial charge in [-0.2, -0.15) is 0 Å². The number of methoxy groups -OCH3 is 1. The Hall–Kier alpha value is -0.530. The molecule has 1 aromatic rings. The van der Waals surface area contributed by atoms with Crippen LogP contribution in [-0.2, 0) is 10.0 Å². The largest absolute Gasteiger partial charge is 0.495 e. The molecule has 0 saturated heterocycles. The first kappa shape index (κ1) is 14.5. The van der Waals surface area contributed by atoms with Gasteiger partial charge in [0.15, 0.2) is 0 Å². The lowest BCUT2D eigenvalue weighted by atomic mass is 10.3. The van der Waals surface area contributed by atoms with E-state index in [2.05, 4.69) is 4.72 Å². The number of halogens is 2. The van der Waals surface area contributed by atoms with Crippen molar-refractivity contribution < 1.29 is 13.2 Å². The highest BCUT2D eigenvalue weighted by molar-refractivity contribution is 7.89. The van der Waals surface area contributed by atoms with Crippen molar-refractivity contribution in [2.24, 2.45) is 5.73 Å². The molecule has 0 aliphatic carbocycles. The summed E-state index contributed by atoms with van der Waals surface area (Å²) in [6.45, 7) is 0.322. The summed E-state index contributed by atoms with van der Waals surface area (Å²) in [7, 11) is -2.29. The van der Waals surface area contributed by atoms with Crippen molar-refractivity contribution in [1.29, 1.82) is 0 Å². The lowest BCUT2D eigenvalue weighted by molar-refractivity contribution is 0.414. The minimum Gasteiger partial charge on any atom is -0.495 e. The molecule has 96 valence electrons. The maximum Gasteiger partial charge on any atom is 0.242 e.